The molecule has 0 aromatic heterocycles. The molecule has 96 valence electrons. The molecule has 0 bridgehead atoms. The first-order valence-electron chi connectivity index (χ1n) is 5.63. The van der Waals surface area contributed by atoms with E-state index < -0.39 is 6.10 Å². The highest BCUT2D eigenvalue weighted by Gasteiger charge is 2.32. The lowest BCUT2D eigenvalue weighted by atomic mass is 10.1. The fourth-order valence-electron chi connectivity index (χ4n) is 1.94. The summed E-state index contributed by atoms with van der Waals surface area (Å²) in [5, 5.41) is 17.9. The number of halogens is 1. The van der Waals surface area contributed by atoms with Crippen LogP contribution in [0.4, 0.5) is 0 Å². The molecule has 1 heterocycles. The number of nitriles is 2. The molecule has 1 aromatic rings. The van der Waals surface area contributed by atoms with Gasteiger partial charge in [-0.25, -0.2) is 0 Å². The Kier molecular flexibility index (Phi) is 3.89. The monoisotopic (exact) mass is 275 g/mol. The van der Waals surface area contributed by atoms with E-state index in [1.807, 2.05) is 12.1 Å². The highest BCUT2D eigenvalue weighted by molar-refractivity contribution is 6.30. The molecule has 6 heteroatoms. The van der Waals surface area contributed by atoms with Crippen molar-refractivity contribution in [3.63, 3.8) is 0 Å². The summed E-state index contributed by atoms with van der Waals surface area (Å²) in [5.74, 6) is 0.270. The number of benzene rings is 1. The van der Waals surface area contributed by atoms with Gasteiger partial charge in [-0.1, -0.05) is 11.6 Å². The van der Waals surface area contributed by atoms with Gasteiger partial charge in [-0.3, -0.25) is 4.79 Å². The zero-order valence-corrected chi connectivity index (χ0v) is 10.7. The third-order valence-corrected chi connectivity index (χ3v) is 3.04. The van der Waals surface area contributed by atoms with Gasteiger partial charge in [0.05, 0.1) is 12.1 Å². The second kappa shape index (κ2) is 5.60. The van der Waals surface area contributed by atoms with Gasteiger partial charge in [-0.15, -0.1) is 0 Å². The van der Waals surface area contributed by atoms with Crippen LogP contribution in [0.5, 0.6) is 5.75 Å². The zero-order chi connectivity index (χ0) is 13.8. The van der Waals surface area contributed by atoms with Crippen LogP contribution in [0.1, 0.15) is 5.56 Å². The van der Waals surface area contributed by atoms with Crippen LogP contribution >= 0.6 is 11.6 Å². The molecule has 5 nitrogen and oxygen atoms in total. The molecular formula is C13H10ClN3O2. The number of hydrogen-bond donors (Lipinski definition) is 0. The van der Waals surface area contributed by atoms with Crippen molar-refractivity contribution in [3.8, 4) is 17.9 Å². The van der Waals surface area contributed by atoms with Crippen molar-refractivity contribution in [2.75, 3.05) is 13.1 Å². The van der Waals surface area contributed by atoms with E-state index in [9.17, 15) is 4.79 Å². The first-order chi connectivity index (χ1) is 9.15. The van der Waals surface area contributed by atoms with E-state index >= 15 is 0 Å². The quantitative estimate of drug-likeness (QED) is 0.784. The number of amides is 1. The standard InChI is InChI=1S/C13H10ClN3O2/c14-10-1-2-11-9(7-10)8-12(19-11)13(18)17(5-3-15)6-4-16/h1-2,7,12H,5-6,8H2. The van der Waals surface area contributed by atoms with Crippen LogP contribution in [-0.4, -0.2) is 30.0 Å². The maximum absolute atomic E-state index is 12.1. The molecule has 0 saturated carbocycles. The predicted octanol–water partition coefficient (Wildman–Crippen LogP) is 1.52. The van der Waals surface area contributed by atoms with E-state index in [2.05, 4.69) is 0 Å². The third-order valence-electron chi connectivity index (χ3n) is 2.81. The normalized spacial score (nSPS) is 15.8. The SMILES string of the molecule is N#CCN(CC#N)C(=O)C1Cc2cc(Cl)ccc2O1. The number of fused-ring (bicyclic) bond motifs is 1. The molecule has 2 rings (SSSR count). The Bertz CT molecular complexity index is 573. The summed E-state index contributed by atoms with van der Waals surface area (Å²) in [6, 6.07) is 8.88. The molecule has 1 amide bonds. The van der Waals surface area contributed by atoms with Crippen LogP contribution in [0.15, 0.2) is 18.2 Å². The van der Waals surface area contributed by atoms with Gasteiger partial charge >= 0.3 is 0 Å². The Morgan fingerprint density at radius 3 is 2.74 bits per heavy atom. The summed E-state index contributed by atoms with van der Waals surface area (Å²) in [7, 11) is 0. The van der Waals surface area contributed by atoms with Crippen LogP contribution < -0.4 is 4.74 Å². The van der Waals surface area contributed by atoms with Gasteiger partial charge in [-0.2, -0.15) is 10.5 Å². The molecule has 1 aliphatic heterocycles. The Morgan fingerprint density at radius 2 is 2.11 bits per heavy atom. The maximum atomic E-state index is 12.1. The second-order valence-corrected chi connectivity index (χ2v) is 4.51. The van der Waals surface area contributed by atoms with Gasteiger partial charge in [0.25, 0.3) is 5.91 Å². The Morgan fingerprint density at radius 1 is 1.42 bits per heavy atom. The predicted molar refractivity (Wildman–Crippen MR) is 67.4 cm³/mol. The second-order valence-electron chi connectivity index (χ2n) is 4.07. The number of hydrogen-bond acceptors (Lipinski definition) is 4. The lowest BCUT2D eigenvalue weighted by Crippen LogP contribution is -2.41. The van der Waals surface area contributed by atoms with Crippen molar-refractivity contribution in [1.29, 1.82) is 10.5 Å². The average molecular weight is 276 g/mol. The summed E-state index contributed by atoms with van der Waals surface area (Å²) in [6.07, 6.45) is -0.280. The molecule has 0 radical (unpaired) electrons. The van der Waals surface area contributed by atoms with E-state index in [0.717, 1.165) is 5.56 Å². The van der Waals surface area contributed by atoms with Crippen molar-refractivity contribution < 1.29 is 9.53 Å². The van der Waals surface area contributed by atoms with Crippen LogP contribution in [-0.2, 0) is 11.2 Å². The Balaban J connectivity index is 2.11. The molecule has 0 aliphatic carbocycles. The Hall–Kier alpha value is -2.24. The van der Waals surface area contributed by atoms with Gasteiger partial charge < -0.3 is 9.64 Å². The number of nitrogens with zero attached hydrogens (tertiary/aromatic N) is 3. The van der Waals surface area contributed by atoms with Crippen LogP contribution in [0.3, 0.4) is 0 Å². The minimum Gasteiger partial charge on any atom is -0.480 e. The fourth-order valence-corrected chi connectivity index (χ4v) is 2.14. The summed E-state index contributed by atoms with van der Waals surface area (Å²) >= 11 is 5.88. The molecule has 19 heavy (non-hydrogen) atoms. The molecule has 1 aliphatic rings. The zero-order valence-electron chi connectivity index (χ0n) is 9.97. The van der Waals surface area contributed by atoms with E-state index in [1.165, 1.54) is 4.90 Å². The summed E-state index contributed by atoms with van der Waals surface area (Å²) in [5.41, 5.74) is 0.861. The molecule has 1 atom stereocenters. The number of carbonyl (C=O) groups excluding carboxylic acids is 1. The van der Waals surface area contributed by atoms with Crippen LogP contribution in [0.25, 0.3) is 0 Å². The minimum absolute atomic E-state index is 0.122. The lowest BCUT2D eigenvalue weighted by molar-refractivity contribution is -0.136. The van der Waals surface area contributed by atoms with E-state index in [1.54, 1.807) is 18.2 Å². The lowest BCUT2D eigenvalue weighted by Gasteiger charge is -2.19. The van der Waals surface area contributed by atoms with Crippen molar-refractivity contribution in [2.45, 2.75) is 12.5 Å². The van der Waals surface area contributed by atoms with Crippen LogP contribution in [0, 0.1) is 22.7 Å². The molecule has 0 saturated heterocycles. The maximum Gasteiger partial charge on any atom is 0.265 e. The topological polar surface area (TPSA) is 77.1 Å². The fraction of sp³-hybridized carbons (Fsp3) is 0.308. The van der Waals surface area contributed by atoms with Gasteiger partial charge in [0.1, 0.15) is 18.8 Å². The third kappa shape index (κ3) is 2.78. The first kappa shape index (κ1) is 13.2. The number of rotatable bonds is 3. The molecule has 0 N–H and O–H groups in total. The van der Waals surface area contributed by atoms with Crippen molar-refractivity contribution in [1.82, 2.24) is 4.90 Å². The average Bonchev–Trinajstić information content (AvgIpc) is 2.80. The van der Waals surface area contributed by atoms with Gasteiger partial charge in [0, 0.05) is 11.4 Å². The van der Waals surface area contributed by atoms with E-state index in [4.69, 9.17) is 26.9 Å². The smallest absolute Gasteiger partial charge is 0.265 e. The van der Waals surface area contributed by atoms with Crippen LogP contribution in [0.2, 0.25) is 5.02 Å². The molecular weight excluding hydrogens is 266 g/mol. The van der Waals surface area contributed by atoms with E-state index in [-0.39, 0.29) is 19.0 Å². The molecule has 0 fully saturated rings. The summed E-state index contributed by atoms with van der Waals surface area (Å²) in [4.78, 5) is 13.3. The van der Waals surface area contributed by atoms with Gasteiger partial charge in [-0.05, 0) is 23.8 Å². The summed E-state index contributed by atoms with van der Waals surface area (Å²) in [6.45, 7) is -0.243. The minimum atomic E-state index is -0.685. The first-order valence-corrected chi connectivity index (χ1v) is 6.01. The Labute approximate surface area is 115 Å². The van der Waals surface area contributed by atoms with E-state index in [0.29, 0.717) is 17.2 Å². The largest absolute Gasteiger partial charge is 0.480 e. The molecule has 1 unspecified atom stereocenters. The summed E-state index contributed by atoms with van der Waals surface area (Å²) < 4.78 is 5.53. The van der Waals surface area contributed by atoms with Crippen molar-refractivity contribution in [2.24, 2.45) is 0 Å². The molecule has 0 spiro atoms. The molecule has 1 aromatic carbocycles. The van der Waals surface area contributed by atoms with Gasteiger partial charge in [0.2, 0.25) is 0 Å². The number of ether oxygens (including phenoxy) is 1. The highest BCUT2D eigenvalue weighted by Crippen LogP contribution is 2.31. The van der Waals surface area contributed by atoms with Gasteiger partial charge in [0.15, 0.2) is 6.10 Å². The highest BCUT2D eigenvalue weighted by atomic mass is 35.5. The van der Waals surface area contributed by atoms with Crippen molar-refractivity contribution >= 4 is 17.5 Å². The number of carbonyl (C=O) groups is 1. The van der Waals surface area contributed by atoms with Crippen molar-refractivity contribution in [3.05, 3.63) is 28.8 Å².